The summed E-state index contributed by atoms with van der Waals surface area (Å²) in [5.74, 6) is 1.88. The zero-order chi connectivity index (χ0) is 15.2. The van der Waals surface area contributed by atoms with Crippen LogP contribution in [0.2, 0.25) is 5.02 Å². The lowest BCUT2D eigenvalue weighted by Gasteiger charge is -2.10. The maximum absolute atomic E-state index is 5.92. The van der Waals surface area contributed by atoms with Crippen LogP contribution in [0.25, 0.3) is 0 Å². The topological polar surface area (TPSA) is 34.1 Å². The van der Waals surface area contributed by atoms with Gasteiger partial charge in [-0.15, -0.1) is 0 Å². The van der Waals surface area contributed by atoms with Crippen molar-refractivity contribution in [1.82, 2.24) is 10.3 Å². The van der Waals surface area contributed by atoms with Crippen molar-refractivity contribution in [1.29, 1.82) is 0 Å². The number of aromatic nitrogens is 1. The Bertz CT molecular complexity index is 605. The minimum atomic E-state index is 0.571. The number of nitrogens with zero attached hydrogens (tertiary/aromatic N) is 1. The van der Waals surface area contributed by atoms with Gasteiger partial charge in [0.2, 0.25) is 5.88 Å². The van der Waals surface area contributed by atoms with E-state index >= 15 is 0 Å². The highest BCUT2D eigenvalue weighted by Crippen LogP contribution is 2.31. The van der Waals surface area contributed by atoms with Crippen molar-refractivity contribution in [2.24, 2.45) is 5.92 Å². The monoisotopic (exact) mass is 368 g/mol. The number of benzene rings is 1. The van der Waals surface area contributed by atoms with Gasteiger partial charge < -0.3 is 10.1 Å². The first-order valence-electron chi connectivity index (χ1n) is 6.84. The Balaban J connectivity index is 2.03. The van der Waals surface area contributed by atoms with Crippen LogP contribution in [0.1, 0.15) is 19.5 Å². The Morgan fingerprint density at radius 1 is 1.29 bits per heavy atom. The Hall–Kier alpha value is -1.10. The third-order valence-electron chi connectivity index (χ3n) is 2.75. The second-order valence-corrected chi connectivity index (χ2v) is 6.46. The van der Waals surface area contributed by atoms with Gasteiger partial charge in [0, 0.05) is 17.6 Å². The van der Waals surface area contributed by atoms with Gasteiger partial charge in [0.25, 0.3) is 0 Å². The summed E-state index contributed by atoms with van der Waals surface area (Å²) in [6.07, 6.45) is 0. The molecule has 1 N–H and O–H groups in total. The van der Waals surface area contributed by atoms with Crippen LogP contribution in [0.15, 0.2) is 40.9 Å². The minimum absolute atomic E-state index is 0.571. The molecule has 0 saturated carbocycles. The van der Waals surface area contributed by atoms with E-state index in [4.69, 9.17) is 16.3 Å². The van der Waals surface area contributed by atoms with Crippen molar-refractivity contribution >= 4 is 27.5 Å². The van der Waals surface area contributed by atoms with E-state index in [0.29, 0.717) is 22.6 Å². The predicted molar refractivity (Wildman–Crippen MR) is 90.0 cm³/mol. The first-order valence-corrected chi connectivity index (χ1v) is 8.01. The lowest BCUT2D eigenvalue weighted by atomic mass is 10.2. The Morgan fingerprint density at radius 3 is 2.81 bits per heavy atom. The SMILES string of the molecule is CC(C)CNCc1cccc(Oc2ccc(Cl)cc2Br)n1. The number of hydrogen-bond acceptors (Lipinski definition) is 3. The van der Waals surface area contributed by atoms with Gasteiger partial charge in [-0.1, -0.05) is 31.5 Å². The molecule has 0 saturated heterocycles. The second kappa shape index (κ2) is 7.78. The van der Waals surface area contributed by atoms with E-state index in [-0.39, 0.29) is 0 Å². The third-order valence-corrected chi connectivity index (χ3v) is 3.60. The van der Waals surface area contributed by atoms with Crippen molar-refractivity contribution in [2.45, 2.75) is 20.4 Å². The zero-order valence-electron chi connectivity index (χ0n) is 12.1. The molecule has 0 unspecified atom stereocenters. The molecule has 0 aliphatic rings. The van der Waals surface area contributed by atoms with Gasteiger partial charge in [-0.2, -0.15) is 0 Å². The molecular formula is C16H18BrClN2O. The molecule has 3 nitrogen and oxygen atoms in total. The van der Waals surface area contributed by atoms with Gasteiger partial charge in [0.1, 0.15) is 5.75 Å². The maximum Gasteiger partial charge on any atom is 0.219 e. The number of hydrogen-bond donors (Lipinski definition) is 1. The average molecular weight is 370 g/mol. The van der Waals surface area contributed by atoms with Gasteiger partial charge in [-0.3, -0.25) is 0 Å². The van der Waals surface area contributed by atoms with Crippen LogP contribution in [0.3, 0.4) is 0 Å². The first kappa shape index (κ1) is 16.3. The highest BCUT2D eigenvalue weighted by Gasteiger charge is 2.05. The molecule has 0 radical (unpaired) electrons. The molecule has 21 heavy (non-hydrogen) atoms. The molecule has 2 rings (SSSR count). The van der Waals surface area contributed by atoms with Gasteiger partial charge in [0.05, 0.1) is 10.2 Å². The maximum atomic E-state index is 5.92. The van der Waals surface area contributed by atoms with E-state index in [1.165, 1.54) is 0 Å². The Labute approximate surface area is 138 Å². The smallest absolute Gasteiger partial charge is 0.219 e. The van der Waals surface area contributed by atoms with E-state index in [1.807, 2.05) is 24.3 Å². The van der Waals surface area contributed by atoms with E-state index in [9.17, 15) is 0 Å². The van der Waals surface area contributed by atoms with Crippen molar-refractivity contribution in [3.63, 3.8) is 0 Å². The molecule has 5 heteroatoms. The number of nitrogens with one attached hydrogen (secondary N) is 1. The lowest BCUT2D eigenvalue weighted by molar-refractivity contribution is 0.455. The number of halogens is 2. The van der Waals surface area contributed by atoms with Gasteiger partial charge in [0.15, 0.2) is 0 Å². The first-order chi connectivity index (χ1) is 10.0. The van der Waals surface area contributed by atoms with Crippen LogP contribution in [-0.4, -0.2) is 11.5 Å². The van der Waals surface area contributed by atoms with Crippen molar-refractivity contribution < 1.29 is 4.74 Å². The number of rotatable bonds is 6. The third kappa shape index (κ3) is 5.30. The van der Waals surface area contributed by atoms with E-state index in [1.54, 1.807) is 12.1 Å². The van der Waals surface area contributed by atoms with Crippen LogP contribution in [-0.2, 0) is 6.54 Å². The lowest BCUT2D eigenvalue weighted by Crippen LogP contribution is -2.19. The van der Waals surface area contributed by atoms with Crippen LogP contribution in [0.4, 0.5) is 0 Å². The number of ether oxygens (including phenoxy) is 1. The molecule has 1 aromatic heterocycles. The van der Waals surface area contributed by atoms with E-state index < -0.39 is 0 Å². The van der Waals surface area contributed by atoms with Gasteiger partial charge in [-0.25, -0.2) is 4.98 Å². The summed E-state index contributed by atoms with van der Waals surface area (Å²) < 4.78 is 6.59. The van der Waals surface area contributed by atoms with Crippen molar-refractivity contribution in [3.05, 3.63) is 51.6 Å². The molecule has 1 aromatic carbocycles. The van der Waals surface area contributed by atoms with E-state index in [0.717, 1.165) is 23.3 Å². The van der Waals surface area contributed by atoms with Crippen molar-refractivity contribution in [2.75, 3.05) is 6.54 Å². The molecule has 0 atom stereocenters. The summed E-state index contributed by atoms with van der Waals surface area (Å²) in [5, 5.41) is 4.03. The molecule has 0 aliphatic heterocycles. The van der Waals surface area contributed by atoms with Gasteiger partial charge in [-0.05, 0) is 52.7 Å². The van der Waals surface area contributed by atoms with Crippen LogP contribution >= 0.6 is 27.5 Å². The van der Waals surface area contributed by atoms with Crippen LogP contribution < -0.4 is 10.1 Å². The molecule has 1 heterocycles. The molecule has 0 amide bonds. The summed E-state index contributed by atoms with van der Waals surface area (Å²) in [5.41, 5.74) is 0.957. The van der Waals surface area contributed by atoms with Gasteiger partial charge >= 0.3 is 0 Å². The van der Waals surface area contributed by atoms with Crippen molar-refractivity contribution in [3.8, 4) is 11.6 Å². The Morgan fingerprint density at radius 2 is 2.10 bits per heavy atom. The summed E-state index contributed by atoms with van der Waals surface area (Å²) in [4.78, 5) is 4.49. The molecular weight excluding hydrogens is 352 g/mol. The molecule has 0 fully saturated rings. The second-order valence-electron chi connectivity index (χ2n) is 5.17. The van der Waals surface area contributed by atoms with Crippen LogP contribution in [0.5, 0.6) is 11.6 Å². The highest BCUT2D eigenvalue weighted by atomic mass is 79.9. The molecule has 0 bridgehead atoms. The normalized spacial score (nSPS) is 10.9. The van der Waals surface area contributed by atoms with Crippen LogP contribution in [0, 0.1) is 5.92 Å². The molecule has 0 aliphatic carbocycles. The predicted octanol–water partition coefficient (Wildman–Crippen LogP) is 5.04. The largest absolute Gasteiger partial charge is 0.438 e. The Kier molecular flexibility index (Phi) is 6.03. The molecule has 0 spiro atoms. The fraction of sp³-hybridized carbons (Fsp3) is 0.312. The minimum Gasteiger partial charge on any atom is -0.438 e. The summed E-state index contributed by atoms with van der Waals surface area (Å²) in [6.45, 7) is 6.06. The summed E-state index contributed by atoms with van der Waals surface area (Å²) >= 11 is 9.35. The molecule has 112 valence electrons. The fourth-order valence-corrected chi connectivity index (χ4v) is 2.54. The average Bonchev–Trinajstić information content (AvgIpc) is 2.42. The van der Waals surface area contributed by atoms with E-state index in [2.05, 4.69) is 40.1 Å². The zero-order valence-corrected chi connectivity index (χ0v) is 14.4. The summed E-state index contributed by atoms with van der Waals surface area (Å²) in [6, 6.07) is 11.2. The quantitative estimate of drug-likeness (QED) is 0.775. The fourth-order valence-electron chi connectivity index (χ4n) is 1.77. The highest BCUT2D eigenvalue weighted by molar-refractivity contribution is 9.10. The molecule has 2 aromatic rings. The standard InChI is InChI=1S/C16H18BrClN2O/c1-11(2)9-19-10-13-4-3-5-16(20-13)21-15-7-6-12(18)8-14(15)17/h3-8,11,19H,9-10H2,1-2H3. The number of pyridine rings is 1. The summed E-state index contributed by atoms with van der Waals surface area (Å²) in [7, 11) is 0.